The van der Waals surface area contributed by atoms with Gasteiger partial charge in [0.1, 0.15) is 6.04 Å². The number of aliphatic imine (C=N–C) groups is 1. The summed E-state index contributed by atoms with van der Waals surface area (Å²) in [6.45, 7) is 1.94. The number of anilines is 1. The van der Waals surface area contributed by atoms with Crippen molar-refractivity contribution in [1.82, 2.24) is 10.2 Å². The maximum Gasteiger partial charge on any atom is 0.348 e. The Morgan fingerprint density at radius 3 is 2.62 bits per heavy atom. The Hall–Kier alpha value is -3.15. The van der Waals surface area contributed by atoms with E-state index >= 15 is 0 Å². The lowest BCUT2D eigenvalue weighted by molar-refractivity contribution is -0.121. The van der Waals surface area contributed by atoms with E-state index in [-0.39, 0.29) is 11.9 Å². The van der Waals surface area contributed by atoms with Gasteiger partial charge >= 0.3 is 6.03 Å². The summed E-state index contributed by atoms with van der Waals surface area (Å²) in [6.07, 6.45) is 0. The highest BCUT2D eigenvalue weighted by molar-refractivity contribution is 6.10. The highest BCUT2D eigenvalue weighted by atomic mass is 16.2. The lowest BCUT2D eigenvalue weighted by Gasteiger charge is -2.18. The van der Waals surface area contributed by atoms with Crippen LogP contribution in [-0.4, -0.2) is 29.8 Å². The quantitative estimate of drug-likeness (QED) is 0.893. The summed E-state index contributed by atoms with van der Waals surface area (Å²) >= 11 is 0. The first kappa shape index (κ1) is 15.7. The molecule has 0 radical (unpaired) electrons. The van der Waals surface area contributed by atoms with Gasteiger partial charge in [0.15, 0.2) is 0 Å². The standard InChI is InChI=1S/C18H18N4O2/c1-12-7-6-10-14(11-12)19-18(24)21-17-20-16(23)15(22(17)2)13-8-4-3-5-9-13/h3-11,15H,1-2H3,(H2,19,20,21,23,24). The molecule has 0 bridgehead atoms. The molecule has 0 aliphatic carbocycles. The molecule has 3 amide bonds. The molecule has 0 spiro atoms. The second-order valence-corrected chi connectivity index (χ2v) is 5.65. The lowest BCUT2D eigenvalue weighted by Crippen LogP contribution is -2.29. The van der Waals surface area contributed by atoms with Crippen molar-refractivity contribution in [3.63, 3.8) is 0 Å². The number of carbonyl (C=O) groups is 2. The molecule has 6 nitrogen and oxygen atoms in total. The zero-order valence-electron chi connectivity index (χ0n) is 13.5. The maximum atomic E-state index is 12.2. The Morgan fingerprint density at radius 1 is 1.17 bits per heavy atom. The third kappa shape index (κ3) is 3.27. The van der Waals surface area contributed by atoms with Crippen LogP contribution in [0.15, 0.2) is 59.6 Å². The number of nitrogens with one attached hydrogen (secondary N) is 2. The molecule has 1 unspecified atom stereocenters. The summed E-state index contributed by atoms with van der Waals surface area (Å²) < 4.78 is 0. The zero-order valence-corrected chi connectivity index (χ0v) is 13.5. The van der Waals surface area contributed by atoms with E-state index in [0.29, 0.717) is 5.69 Å². The maximum absolute atomic E-state index is 12.2. The summed E-state index contributed by atoms with van der Waals surface area (Å²) in [5, 5.41) is 5.35. The number of amides is 3. The molecule has 2 N–H and O–H groups in total. The Kier molecular flexibility index (Phi) is 4.29. The van der Waals surface area contributed by atoms with Gasteiger partial charge in [0.25, 0.3) is 5.91 Å². The minimum Gasteiger partial charge on any atom is -0.329 e. The van der Waals surface area contributed by atoms with Crippen molar-refractivity contribution in [2.24, 2.45) is 4.99 Å². The average molecular weight is 322 g/mol. The second kappa shape index (κ2) is 6.54. The number of hydrogen-bond acceptors (Lipinski definition) is 2. The third-order valence-electron chi connectivity index (χ3n) is 3.80. The van der Waals surface area contributed by atoms with E-state index in [9.17, 15) is 9.59 Å². The molecule has 1 saturated heterocycles. The van der Waals surface area contributed by atoms with E-state index < -0.39 is 12.1 Å². The highest BCUT2D eigenvalue weighted by Crippen LogP contribution is 2.23. The first-order valence-corrected chi connectivity index (χ1v) is 7.59. The molecule has 1 heterocycles. The van der Waals surface area contributed by atoms with Crippen LogP contribution in [0.5, 0.6) is 0 Å². The minimum absolute atomic E-state index is 0.203. The molecule has 1 fully saturated rings. The fourth-order valence-corrected chi connectivity index (χ4v) is 2.65. The summed E-state index contributed by atoms with van der Waals surface area (Å²) in [4.78, 5) is 29.9. The monoisotopic (exact) mass is 322 g/mol. The van der Waals surface area contributed by atoms with Gasteiger partial charge in [-0.05, 0) is 30.2 Å². The number of aryl methyl sites for hydroxylation is 1. The number of rotatable bonds is 2. The predicted octanol–water partition coefficient (Wildman–Crippen LogP) is 2.69. The van der Waals surface area contributed by atoms with Gasteiger partial charge in [0.2, 0.25) is 5.96 Å². The Labute approximate surface area is 140 Å². The molecule has 3 rings (SSSR count). The molecule has 0 aromatic heterocycles. The van der Waals surface area contributed by atoms with Crippen LogP contribution in [0.1, 0.15) is 17.2 Å². The van der Waals surface area contributed by atoms with E-state index in [1.54, 1.807) is 18.0 Å². The number of carbonyl (C=O) groups excluding carboxylic acids is 2. The Morgan fingerprint density at radius 2 is 1.92 bits per heavy atom. The van der Waals surface area contributed by atoms with Crippen molar-refractivity contribution in [3.05, 3.63) is 65.7 Å². The summed E-state index contributed by atoms with van der Waals surface area (Å²) in [5.74, 6) is 0.0322. The second-order valence-electron chi connectivity index (χ2n) is 5.65. The minimum atomic E-state index is -0.531. The first-order chi connectivity index (χ1) is 11.5. The molecule has 1 aliphatic heterocycles. The van der Waals surface area contributed by atoms with Crippen molar-refractivity contribution in [2.75, 3.05) is 12.4 Å². The molecular formula is C18H18N4O2. The smallest absolute Gasteiger partial charge is 0.329 e. The van der Waals surface area contributed by atoms with Crippen molar-refractivity contribution in [3.8, 4) is 0 Å². The van der Waals surface area contributed by atoms with Crippen LogP contribution in [0.3, 0.4) is 0 Å². The molecule has 1 atom stereocenters. The fraction of sp³-hybridized carbons (Fsp3) is 0.167. The molecule has 122 valence electrons. The summed E-state index contributed by atoms with van der Waals surface area (Å²) in [7, 11) is 1.73. The van der Waals surface area contributed by atoms with Gasteiger partial charge < -0.3 is 10.2 Å². The van der Waals surface area contributed by atoms with Crippen LogP contribution in [0.25, 0.3) is 0 Å². The van der Waals surface area contributed by atoms with Gasteiger partial charge in [0, 0.05) is 12.7 Å². The van der Waals surface area contributed by atoms with Gasteiger partial charge in [-0.1, -0.05) is 42.5 Å². The van der Waals surface area contributed by atoms with E-state index in [2.05, 4.69) is 15.6 Å². The van der Waals surface area contributed by atoms with Crippen LogP contribution in [0, 0.1) is 6.92 Å². The van der Waals surface area contributed by atoms with Crippen molar-refractivity contribution in [1.29, 1.82) is 0 Å². The SMILES string of the molecule is Cc1cccc(NC(=O)N=C2NC(=O)C(c3ccccc3)N2C)c1. The van der Waals surface area contributed by atoms with Gasteiger partial charge in [-0.15, -0.1) is 0 Å². The van der Waals surface area contributed by atoms with E-state index in [1.807, 2.05) is 55.5 Å². The average Bonchev–Trinajstić information content (AvgIpc) is 2.82. The number of benzene rings is 2. The number of nitrogens with zero attached hydrogens (tertiary/aromatic N) is 2. The number of hydrogen-bond donors (Lipinski definition) is 2. The zero-order chi connectivity index (χ0) is 17.1. The largest absolute Gasteiger partial charge is 0.348 e. The third-order valence-corrected chi connectivity index (χ3v) is 3.80. The van der Waals surface area contributed by atoms with Gasteiger partial charge in [-0.2, -0.15) is 4.99 Å². The van der Waals surface area contributed by atoms with Crippen LogP contribution in [0.2, 0.25) is 0 Å². The summed E-state index contributed by atoms with van der Waals surface area (Å²) in [5.41, 5.74) is 2.55. The van der Waals surface area contributed by atoms with Gasteiger partial charge in [-0.3, -0.25) is 10.1 Å². The summed E-state index contributed by atoms with van der Waals surface area (Å²) in [6, 6.07) is 15.8. The number of guanidine groups is 1. The van der Waals surface area contributed by atoms with Crippen molar-refractivity contribution < 1.29 is 9.59 Å². The number of likely N-dealkylation sites (N-methyl/N-ethyl adjacent to an activating group) is 1. The van der Waals surface area contributed by atoms with Crippen LogP contribution in [-0.2, 0) is 4.79 Å². The molecule has 24 heavy (non-hydrogen) atoms. The Balaban J connectivity index is 1.76. The topological polar surface area (TPSA) is 73.8 Å². The van der Waals surface area contributed by atoms with Crippen molar-refractivity contribution in [2.45, 2.75) is 13.0 Å². The van der Waals surface area contributed by atoms with Gasteiger partial charge in [-0.25, -0.2) is 4.79 Å². The fourth-order valence-electron chi connectivity index (χ4n) is 2.65. The van der Waals surface area contributed by atoms with E-state index in [1.165, 1.54) is 0 Å². The highest BCUT2D eigenvalue weighted by Gasteiger charge is 2.35. The van der Waals surface area contributed by atoms with Crippen LogP contribution >= 0.6 is 0 Å². The van der Waals surface area contributed by atoms with Gasteiger partial charge in [0.05, 0.1) is 0 Å². The molecule has 2 aromatic rings. The Bertz CT molecular complexity index is 802. The lowest BCUT2D eigenvalue weighted by atomic mass is 10.1. The predicted molar refractivity (Wildman–Crippen MR) is 92.7 cm³/mol. The van der Waals surface area contributed by atoms with Crippen LogP contribution in [0.4, 0.5) is 10.5 Å². The number of urea groups is 1. The molecule has 6 heteroatoms. The van der Waals surface area contributed by atoms with Crippen LogP contribution < -0.4 is 10.6 Å². The first-order valence-electron chi connectivity index (χ1n) is 7.59. The molecule has 0 saturated carbocycles. The molecule has 1 aliphatic rings. The normalized spacial score (nSPS) is 18.6. The molecule has 2 aromatic carbocycles. The molecular weight excluding hydrogens is 304 g/mol. The van der Waals surface area contributed by atoms with E-state index in [4.69, 9.17) is 0 Å². The van der Waals surface area contributed by atoms with E-state index in [0.717, 1.165) is 11.1 Å². The van der Waals surface area contributed by atoms with Crippen molar-refractivity contribution >= 4 is 23.6 Å².